The highest BCUT2D eigenvalue weighted by Crippen LogP contribution is 2.22. The van der Waals surface area contributed by atoms with Crippen molar-refractivity contribution in [3.8, 4) is 11.5 Å². The van der Waals surface area contributed by atoms with E-state index in [2.05, 4.69) is 0 Å². The zero-order valence-electron chi connectivity index (χ0n) is 6.93. The summed E-state index contributed by atoms with van der Waals surface area (Å²) in [6.45, 7) is -0.0295. The first-order valence-corrected chi connectivity index (χ1v) is 3.80. The van der Waals surface area contributed by atoms with Gasteiger partial charge in [0, 0.05) is 6.07 Å². The molecule has 0 aliphatic rings. The Morgan fingerprint density at radius 2 is 2.23 bits per heavy atom. The molecule has 0 aliphatic heterocycles. The molecule has 0 aliphatic carbocycles. The van der Waals surface area contributed by atoms with Gasteiger partial charge in [-0.1, -0.05) is 0 Å². The summed E-state index contributed by atoms with van der Waals surface area (Å²) in [6.07, 6.45) is 0.631. The molecule has 0 spiro atoms. The van der Waals surface area contributed by atoms with E-state index in [9.17, 15) is 4.79 Å². The van der Waals surface area contributed by atoms with Gasteiger partial charge in [-0.05, 0) is 12.1 Å². The lowest BCUT2D eigenvalue weighted by Gasteiger charge is -2.06. The van der Waals surface area contributed by atoms with Gasteiger partial charge in [-0.2, -0.15) is 0 Å². The monoisotopic (exact) mass is 182 g/mol. The van der Waals surface area contributed by atoms with E-state index < -0.39 is 0 Å². The first kappa shape index (κ1) is 9.54. The van der Waals surface area contributed by atoms with Crippen molar-refractivity contribution in [2.75, 3.05) is 13.2 Å². The number of phenols is 1. The van der Waals surface area contributed by atoms with E-state index in [4.69, 9.17) is 14.9 Å². The second kappa shape index (κ2) is 4.47. The summed E-state index contributed by atoms with van der Waals surface area (Å²) in [4.78, 5) is 10.5. The number of hydrogen-bond acceptors (Lipinski definition) is 4. The Hall–Kier alpha value is -1.55. The molecule has 2 N–H and O–H groups in total. The lowest BCUT2D eigenvalue weighted by atomic mass is 10.2. The fourth-order valence-corrected chi connectivity index (χ4v) is 0.901. The van der Waals surface area contributed by atoms with Crippen LogP contribution < -0.4 is 4.74 Å². The van der Waals surface area contributed by atoms with Crippen molar-refractivity contribution in [1.82, 2.24) is 0 Å². The summed E-state index contributed by atoms with van der Waals surface area (Å²) >= 11 is 0. The topological polar surface area (TPSA) is 66.8 Å². The largest absolute Gasteiger partial charge is 0.508 e. The standard InChI is InChI=1S/C9H10O4/c10-3-4-13-9-5-8(12)2-1-7(9)6-11/h1-2,5-6,10,12H,3-4H2. The van der Waals surface area contributed by atoms with Gasteiger partial charge in [0.25, 0.3) is 0 Å². The normalized spacial score (nSPS) is 9.62. The van der Waals surface area contributed by atoms with Crippen LogP contribution in [0, 0.1) is 0 Å². The molecule has 0 fully saturated rings. The minimum atomic E-state index is -0.131. The molecule has 0 amide bonds. The minimum absolute atomic E-state index is 0.0264. The molecular weight excluding hydrogens is 172 g/mol. The lowest BCUT2D eigenvalue weighted by molar-refractivity contribution is 0.111. The second-order valence-electron chi connectivity index (χ2n) is 2.41. The van der Waals surface area contributed by atoms with Gasteiger partial charge >= 0.3 is 0 Å². The number of aliphatic hydroxyl groups excluding tert-OH is 1. The highest BCUT2D eigenvalue weighted by atomic mass is 16.5. The van der Waals surface area contributed by atoms with Crippen LogP contribution in [0.15, 0.2) is 18.2 Å². The maximum Gasteiger partial charge on any atom is 0.153 e. The van der Waals surface area contributed by atoms with Crippen molar-refractivity contribution < 1.29 is 19.7 Å². The molecule has 0 unspecified atom stereocenters. The molecule has 0 saturated heterocycles. The molecule has 1 aromatic rings. The first-order valence-electron chi connectivity index (χ1n) is 3.80. The summed E-state index contributed by atoms with van der Waals surface area (Å²) in [5.74, 6) is 0.308. The van der Waals surface area contributed by atoms with E-state index in [1.807, 2.05) is 0 Å². The van der Waals surface area contributed by atoms with Crippen LogP contribution in [0.25, 0.3) is 0 Å². The van der Waals surface area contributed by atoms with E-state index in [0.29, 0.717) is 11.8 Å². The van der Waals surface area contributed by atoms with Crippen LogP contribution in [0.5, 0.6) is 11.5 Å². The maximum absolute atomic E-state index is 10.5. The molecule has 0 aromatic heterocycles. The maximum atomic E-state index is 10.5. The number of benzene rings is 1. The molecule has 13 heavy (non-hydrogen) atoms. The highest BCUT2D eigenvalue weighted by Gasteiger charge is 2.03. The van der Waals surface area contributed by atoms with Crippen molar-refractivity contribution in [1.29, 1.82) is 0 Å². The van der Waals surface area contributed by atoms with E-state index in [-0.39, 0.29) is 24.7 Å². The summed E-state index contributed by atoms with van der Waals surface area (Å²) in [5, 5.41) is 17.6. The smallest absolute Gasteiger partial charge is 0.153 e. The van der Waals surface area contributed by atoms with Crippen LogP contribution in [-0.2, 0) is 0 Å². The fourth-order valence-electron chi connectivity index (χ4n) is 0.901. The van der Waals surface area contributed by atoms with Crippen LogP contribution in [0.3, 0.4) is 0 Å². The van der Waals surface area contributed by atoms with E-state index >= 15 is 0 Å². The van der Waals surface area contributed by atoms with Gasteiger partial charge in [0.2, 0.25) is 0 Å². The van der Waals surface area contributed by atoms with Gasteiger partial charge in [-0.25, -0.2) is 0 Å². The third-order valence-electron chi connectivity index (χ3n) is 1.47. The highest BCUT2D eigenvalue weighted by molar-refractivity contribution is 5.79. The van der Waals surface area contributed by atoms with Crippen molar-refractivity contribution in [3.05, 3.63) is 23.8 Å². The Balaban J connectivity index is 2.87. The number of ether oxygens (including phenoxy) is 1. The van der Waals surface area contributed by atoms with E-state index in [1.54, 1.807) is 0 Å². The van der Waals surface area contributed by atoms with Gasteiger partial charge in [0.1, 0.15) is 18.1 Å². The molecule has 0 radical (unpaired) electrons. The molecule has 0 heterocycles. The summed E-state index contributed by atoms with van der Waals surface area (Å²) < 4.78 is 5.02. The van der Waals surface area contributed by atoms with Crippen molar-refractivity contribution in [2.45, 2.75) is 0 Å². The number of carbonyl (C=O) groups is 1. The van der Waals surface area contributed by atoms with Crippen LogP contribution in [-0.4, -0.2) is 29.7 Å². The predicted molar refractivity (Wildman–Crippen MR) is 46.1 cm³/mol. The van der Waals surface area contributed by atoms with Gasteiger partial charge in [-0.3, -0.25) is 4.79 Å². The molecule has 4 nitrogen and oxygen atoms in total. The molecule has 70 valence electrons. The average molecular weight is 182 g/mol. The van der Waals surface area contributed by atoms with Gasteiger partial charge < -0.3 is 14.9 Å². The predicted octanol–water partition coefficient (Wildman–Crippen LogP) is 0.576. The SMILES string of the molecule is O=Cc1ccc(O)cc1OCCO. The number of rotatable bonds is 4. The summed E-state index contributed by atoms with van der Waals surface area (Å²) in [6, 6.07) is 4.18. The Labute approximate surface area is 75.4 Å². The summed E-state index contributed by atoms with van der Waals surface area (Å²) in [7, 11) is 0. The van der Waals surface area contributed by atoms with Gasteiger partial charge in [0.15, 0.2) is 6.29 Å². The average Bonchev–Trinajstić information content (AvgIpc) is 2.15. The van der Waals surface area contributed by atoms with Crippen LogP contribution in [0.4, 0.5) is 0 Å². The fraction of sp³-hybridized carbons (Fsp3) is 0.222. The number of carbonyl (C=O) groups excluding carboxylic acids is 1. The quantitative estimate of drug-likeness (QED) is 0.668. The van der Waals surface area contributed by atoms with Crippen molar-refractivity contribution in [2.24, 2.45) is 0 Å². The molecule has 4 heteroatoms. The Bertz CT molecular complexity index is 296. The number of aldehydes is 1. The molecule has 0 atom stereocenters. The molecule has 1 rings (SSSR count). The Morgan fingerprint density at radius 3 is 2.85 bits per heavy atom. The Kier molecular flexibility index (Phi) is 3.28. The molecule has 0 saturated carbocycles. The number of aliphatic hydroxyl groups is 1. The van der Waals surface area contributed by atoms with Crippen LogP contribution in [0.1, 0.15) is 10.4 Å². The van der Waals surface area contributed by atoms with E-state index in [1.165, 1.54) is 18.2 Å². The van der Waals surface area contributed by atoms with Crippen LogP contribution >= 0.6 is 0 Å². The van der Waals surface area contributed by atoms with Gasteiger partial charge in [0.05, 0.1) is 12.2 Å². The molecular formula is C9H10O4. The van der Waals surface area contributed by atoms with E-state index in [0.717, 1.165) is 0 Å². The zero-order valence-corrected chi connectivity index (χ0v) is 6.93. The van der Waals surface area contributed by atoms with Crippen molar-refractivity contribution in [3.63, 3.8) is 0 Å². The number of aromatic hydroxyl groups is 1. The second-order valence-corrected chi connectivity index (χ2v) is 2.41. The third-order valence-corrected chi connectivity index (χ3v) is 1.47. The third kappa shape index (κ3) is 2.45. The molecule has 0 bridgehead atoms. The minimum Gasteiger partial charge on any atom is -0.508 e. The van der Waals surface area contributed by atoms with Crippen LogP contribution in [0.2, 0.25) is 0 Å². The number of phenolic OH excluding ortho intramolecular Hbond substituents is 1. The number of hydrogen-bond donors (Lipinski definition) is 2. The zero-order chi connectivity index (χ0) is 9.68. The van der Waals surface area contributed by atoms with Gasteiger partial charge in [-0.15, -0.1) is 0 Å². The lowest BCUT2D eigenvalue weighted by Crippen LogP contribution is -2.03. The van der Waals surface area contributed by atoms with Crippen molar-refractivity contribution >= 4 is 6.29 Å². The Morgan fingerprint density at radius 1 is 1.46 bits per heavy atom. The molecule has 1 aromatic carbocycles. The summed E-state index contributed by atoms with van der Waals surface area (Å²) in [5.41, 5.74) is 0.353. The first-order chi connectivity index (χ1) is 6.27.